The number of aryl methyl sites for hydroxylation is 2. The first-order valence-electron chi connectivity index (χ1n) is 10.2. The Hall–Kier alpha value is -2.92. The fourth-order valence-electron chi connectivity index (χ4n) is 3.97. The molecule has 4 rings (SSSR count). The van der Waals surface area contributed by atoms with Gasteiger partial charge in [-0.25, -0.2) is 4.68 Å². The molecule has 0 N–H and O–H groups in total. The highest BCUT2D eigenvalue weighted by Crippen LogP contribution is 2.20. The molecule has 1 aliphatic rings. The lowest BCUT2D eigenvalue weighted by Crippen LogP contribution is -2.48. The van der Waals surface area contributed by atoms with Crippen LogP contribution in [0.25, 0.3) is 5.69 Å². The number of carbonyl (C=O) groups excluding carboxylic acids is 1. The van der Waals surface area contributed by atoms with Crippen LogP contribution in [0.5, 0.6) is 0 Å². The van der Waals surface area contributed by atoms with Crippen LogP contribution in [0.2, 0.25) is 0 Å². The summed E-state index contributed by atoms with van der Waals surface area (Å²) in [6.07, 6.45) is 1.71. The van der Waals surface area contributed by atoms with Crippen LogP contribution in [0.4, 0.5) is 0 Å². The van der Waals surface area contributed by atoms with E-state index >= 15 is 0 Å². The molecule has 0 bridgehead atoms. The van der Waals surface area contributed by atoms with Crippen molar-refractivity contribution >= 4 is 5.91 Å². The average molecular weight is 389 g/mol. The van der Waals surface area contributed by atoms with E-state index < -0.39 is 0 Å². The number of benzene rings is 2. The van der Waals surface area contributed by atoms with E-state index in [1.165, 1.54) is 11.1 Å². The number of hydrogen-bond acceptors (Lipinski definition) is 3. The van der Waals surface area contributed by atoms with Gasteiger partial charge in [0.2, 0.25) is 0 Å². The van der Waals surface area contributed by atoms with Crippen molar-refractivity contribution in [2.45, 2.75) is 27.3 Å². The van der Waals surface area contributed by atoms with E-state index in [0.29, 0.717) is 5.56 Å². The van der Waals surface area contributed by atoms with Crippen LogP contribution in [0.15, 0.2) is 54.7 Å². The fourth-order valence-corrected chi connectivity index (χ4v) is 3.97. The highest BCUT2D eigenvalue weighted by atomic mass is 16.2. The van der Waals surface area contributed by atoms with Crippen LogP contribution < -0.4 is 0 Å². The summed E-state index contributed by atoms with van der Waals surface area (Å²) in [5.41, 5.74) is 6.44. The summed E-state index contributed by atoms with van der Waals surface area (Å²) in [6.45, 7) is 10.4. The molecule has 150 valence electrons. The standard InChI is InChI=1S/C24H28N4O/c1-18-8-4-6-10-21(18)17-26-12-14-27(15-13-26)24(29)22-16-25-28(20(22)3)23-11-7-5-9-19(23)2/h4-11,16H,12-15,17H2,1-3H3. The molecule has 1 fully saturated rings. The Balaban J connectivity index is 1.43. The minimum atomic E-state index is 0.0814. The predicted molar refractivity (Wildman–Crippen MR) is 115 cm³/mol. The molecule has 5 heteroatoms. The van der Waals surface area contributed by atoms with Crippen LogP contribution >= 0.6 is 0 Å². The Morgan fingerprint density at radius 3 is 2.24 bits per heavy atom. The number of aromatic nitrogens is 2. The molecule has 0 saturated carbocycles. The molecule has 0 radical (unpaired) electrons. The zero-order valence-corrected chi connectivity index (χ0v) is 17.4. The SMILES string of the molecule is Cc1ccccc1CN1CCN(C(=O)c2cnn(-c3ccccc3C)c2C)CC1. The van der Waals surface area contributed by atoms with Crippen LogP contribution in [-0.2, 0) is 6.54 Å². The Morgan fingerprint density at radius 1 is 0.897 bits per heavy atom. The summed E-state index contributed by atoms with van der Waals surface area (Å²) >= 11 is 0. The van der Waals surface area contributed by atoms with Gasteiger partial charge >= 0.3 is 0 Å². The summed E-state index contributed by atoms with van der Waals surface area (Å²) in [4.78, 5) is 17.5. The van der Waals surface area contributed by atoms with Crippen LogP contribution in [0, 0.1) is 20.8 Å². The molecule has 0 aliphatic carbocycles. The van der Waals surface area contributed by atoms with E-state index in [1.807, 2.05) is 34.7 Å². The van der Waals surface area contributed by atoms with Crippen molar-refractivity contribution in [1.29, 1.82) is 0 Å². The van der Waals surface area contributed by atoms with E-state index in [4.69, 9.17) is 0 Å². The quantitative estimate of drug-likeness (QED) is 0.683. The first kappa shape index (κ1) is 19.4. The third-order valence-corrected chi connectivity index (χ3v) is 5.90. The summed E-state index contributed by atoms with van der Waals surface area (Å²) in [7, 11) is 0. The molecule has 1 saturated heterocycles. The van der Waals surface area contributed by atoms with Gasteiger partial charge < -0.3 is 4.90 Å². The van der Waals surface area contributed by atoms with Gasteiger partial charge in [0.1, 0.15) is 0 Å². The topological polar surface area (TPSA) is 41.4 Å². The Bertz CT molecular complexity index is 1020. The predicted octanol–water partition coefficient (Wildman–Crippen LogP) is 3.76. The van der Waals surface area contributed by atoms with Gasteiger partial charge in [0.15, 0.2) is 0 Å². The third kappa shape index (κ3) is 3.96. The molecule has 3 aromatic rings. The van der Waals surface area contributed by atoms with Gasteiger partial charge in [0.05, 0.1) is 23.1 Å². The van der Waals surface area contributed by atoms with Crippen LogP contribution in [0.3, 0.4) is 0 Å². The average Bonchev–Trinajstić information content (AvgIpc) is 3.11. The Kier molecular flexibility index (Phi) is 5.49. The largest absolute Gasteiger partial charge is 0.336 e. The third-order valence-electron chi connectivity index (χ3n) is 5.90. The van der Waals surface area contributed by atoms with Gasteiger partial charge in [-0.05, 0) is 43.5 Å². The first-order chi connectivity index (χ1) is 14.0. The second-order valence-electron chi connectivity index (χ2n) is 7.84. The number of hydrogen-bond donors (Lipinski definition) is 0. The van der Waals surface area contributed by atoms with E-state index in [-0.39, 0.29) is 5.91 Å². The molecule has 1 amide bonds. The van der Waals surface area contributed by atoms with Crippen molar-refractivity contribution in [3.8, 4) is 5.69 Å². The Labute approximate surface area is 172 Å². The lowest BCUT2D eigenvalue weighted by atomic mass is 10.1. The minimum Gasteiger partial charge on any atom is -0.336 e. The maximum Gasteiger partial charge on any atom is 0.257 e. The number of rotatable bonds is 4. The van der Waals surface area contributed by atoms with Gasteiger partial charge in [-0.15, -0.1) is 0 Å². The number of carbonyl (C=O) groups is 1. The maximum absolute atomic E-state index is 13.1. The molecule has 29 heavy (non-hydrogen) atoms. The second kappa shape index (κ2) is 8.21. The van der Waals surface area contributed by atoms with E-state index in [1.54, 1.807) is 6.20 Å². The highest BCUT2D eigenvalue weighted by molar-refractivity contribution is 5.95. The molecule has 0 spiro atoms. The molecule has 2 heterocycles. The van der Waals surface area contributed by atoms with Crippen molar-refractivity contribution in [3.63, 3.8) is 0 Å². The summed E-state index contributed by atoms with van der Waals surface area (Å²) < 4.78 is 1.87. The normalized spacial score (nSPS) is 14.9. The number of para-hydroxylation sites is 1. The van der Waals surface area contributed by atoms with Crippen LogP contribution in [-0.4, -0.2) is 51.7 Å². The van der Waals surface area contributed by atoms with Crippen molar-refractivity contribution in [3.05, 3.63) is 82.7 Å². The zero-order chi connectivity index (χ0) is 20.4. The highest BCUT2D eigenvalue weighted by Gasteiger charge is 2.25. The maximum atomic E-state index is 13.1. The molecule has 1 aliphatic heterocycles. The van der Waals surface area contributed by atoms with Gasteiger partial charge in [0, 0.05) is 32.7 Å². The van der Waals surface area contributed by atoms with E-state index in [2.05, 4.69) is 54.2 Å². The molecular weight excluding hydrogens is 360 g/mol. The van der Waals surface area contributed by atoms with E-state index in [0.717, 1.165) is 49.7 Å². The smallest absolute Gasteiger partial charge is 0.257 e. The molecule has 2 aromatic carbocycles. The number of nitrogens with zero attached hydrogens (tertiary/aromatic N) is 4. The number of amides is 1. The van der Waals surface area contributed by atoms with Gasteiger partial charge in [-0.2, -0.15) is 5.10 Å². The second-order valence-corrected chi connectivity index (χ2v) is 7.84. The monoisotopic (exact) mass is 388 g/mol. The minimum absolute atomic E-state index is 0.0814. The molecule has 5 nitrogen and oxygen atoms in total. The lowest BCUT2D eigenvalue weighted by molar-refractivity contribution is 0.0627. The van der Waals surface area contributed by atoms with Gasteiger partial charge in [-0.1, -0.05) is 42.5 Å². The number of piperazine rings is 1. The van der Waals surface area contributed by atoms with Gasteiger partial charge in [0.25, 0.3) is 5.91 Å². The Morgan fingerprint density at radius 2 is 1.55 bits per heavy atom. The van der Waals surface area contributed by atoms with Crippen LogP contribution in [0.1, 0.15) is 32.7 Å². The van der Waals surface area contributed by atoms with Crippen molar-refractivity contribution in [2.24, 2.45) is 0 Å². The lowest BCUT2D eigenvalue weighted by Gasteiger charge is -2.35. The molecular formula is C24H28N4O. The van der Waals surface area contributed by atoms with Gasteiger partial charge in [-0.3, -0.25) is 9.69 Å². The molecule has 0 unspecified atom stereocenters. The zero-order valence-electron chi connectivity index (χ0n) is 17.4. The van der Waals surface area contributed by atoms with Crippen molar-refractivity contribution in [2.75, 3.05) is 26.2 Å². The summed E-state index contributed by atoms with van der Waals surface area (Å²) in [6, 6.07) is 16.6. The fraction of sp³-hybridized carbons (Fsp3) is 0.333. The van der Waals surface area contributed by atoms with Crippen molar-refractivity contribution in [1.82, 2.24) is 19.6 Å². The van der Waals surface area contributed by atoms with E-state index in [9.17, 15) is 4.79 Å². The van der Waals surface area contributed by atoms with Crippen molar-refractivity contribution < 1.29 is 4.79 Å². The first-order valence-corrected chi connectivity index (χ1v) is 10.2. The molecule has 1 aromatic heterocycles. The summed E-state index contributed by atoms with van der Waals surface area (Å²) in [5.74, 6) is 0.0814. The molecule has 0 atom stereocenters. The summed E-state index contributed by atoms with van der Waals surface area (Å²) in [5, 5.41) is 4.50.